The largest absolute Gasteiger partial charge is 0.381 e. The average Bonchev–Trinajstić information content (AvgIpc) is 2.40. The molecule has 2 rings (SSSR count). The molecular weight excluding hydrogens is 226 g/mol. The van der Waals surface area contributed by atoms with Crippen molar-refractivity contribution >= 4 is 0 Å². The molecule has 0 atom stereocenters. The first kappa shape index (κ1) is 13.5. The molecule has 0 aromatic carbocycles. The lowest BCUT2D eigenvalue weighted by molar-refractivity contribution is 0.0403. The summed E-state index contributed by atoms with van der Waals surface area (Å²) in [4.78, 5) is 7.06. The number of nitrogens with zero attached hydrogens (tertiary/aromatic N) is 2. The van der Waals surface area contributed by atoms with Gasteiger partial charge in [0.15, 0.2) is 0 Å². The second-order valence-corrected chi connectivity index (χ2v) is 4.91. The van der Waals surface area contributed by atoms with Crippen LogP contribution in [0.2, 0.25) is 0 Å². The highest BCUT2D eigenvalue weighted by Crippen LogP contribution is 2.15. The Morgan fingerprint density at radius 2 is 2.06 bits per heavy atom. The summed E-state index contributed by atoms with van der Waals surface area (Å²) < 4.78 is 5.40. The Labute approximate surface area is 109 Å². The van der Waals surface area contributed by atoms with E-state index in [0.717, 1.165) is 50.5 Å². The molecule has 0 unspecified atom stereocenters. The van der Waals surface area contributed by atoms with Crippen molar-refractivity contribution in [2.75, 3.05) is 27.3 Å². The Balaban J connectivity index is 1.93. The monoisotopic (exact) mass is 249 g/mol. The van der Waals surface area contributed by atoms with Crippen LogP contribution in [0.25, 0.3) is 0 Å². The van der Waals surface area contributed by atoms with Crippen LogP contribution in [0, 0.1) is 0 Å². The summed E-state index contributed by atoms with van der Waals surface area (Å²) in [5.74, 6) is 0. The number of hydrogen-bond donors (Lipinski definition) is 1. The third-order valence-electron chi connectivity index (χ3n) is 3.45. The van der Waals surface area contributed by atoms with E-state index in [-0.39, 0.29) is 0 Å². The van der Waals surface area contributed by atoms with Crippen molar-refractivity contribution in [1.82, 2.24) is 15.2 Å². The average molecular weight is 249 g/mol. The molecule has 4 heteroatoms. The van der Waals surface area contributed by atoms with Crippen molar-refractivity contribution in [2.24, 2.45) is 0 Å². The second kappa shape index (κ2) is 6.83. The van der Waals surface area contributed by atoms with Gasteiger partial charge >= 0.3 is 0 Å². The minimum Gasteiger partial charge on any atom is -0.381 e. The van der Waals surface area contributed by atoms with E-state index in [0.29, 0.717) is 6.04 Å². The molecule has 0 spiro atoms. The first-order valence-corrected chi connectivity index (χ1v) is 6.67. The summed E-state index contributed by atoms with van der Waals surface area (Å²) in [7, 11) is 4.13. The molecule has 1 N–H and O–H groups in total. The number of pyridine rings is 1. The van der Waals surface area contributed by atoms with Crippen molar-refractivity contribution in [2.45, 2.75) is 32.0 Å². The SMILES string of the molecule is CNCc1cccc(CN(C)C2CCOCC2)n1. The molecule has 1 aliphatic heterocycles. The van der Waals surface area contributed by atoms with Crippen molar-refractivity contribution in [3.63, 3.8) is 0 Å². The Hall–Kier alpha value is -0.970. The molecule has 18 heavy (non-hydrogen) atoms. The van der Waals surface area contributed by atoms with Gasteiger partial charge in [-0.1, -0.05) is 6.07 Å². The zero-order valence-corrected chi connectivity index (χ0v) is 11.4. The molecule has 0 aliphatic carbocycles. The van der Waals surface area contributed by atoms with E-state index >= 15 is 0 Å². The molecule has 1 aromatic heterocycles. The summed E-state index contributed by atoms with van der Waals surface area (Å²) >= 11 is 0. The van der Waals surface area contributed by atoms with Crippen molar-refractivity contribution < 1.29 is 4.74 Å². The zero-order valence-electron chi connectivity index (χ0n) is 11.4. The van der Waals surface area contributed by atoms with Gasteiger partial charge in [-0.15, -0.1) is 0 Å². The Bertz CT molecular complexity index is 364. The number of aromatic nitrogens is 1. The summed E-state index contributed by atoms with van der Waals surface area (Å²) in [6, 6.07) is 6.89. The molecule has 0 bridgehead atoms. The highest BCUT2D eigenvalue weighted by atomic mass is 16.5. The quantitative estimate of drug-likeness (QED) is 0.856. The lowest BCUT2D eigenvalue weighted by Crippen LogP contribution is -2.36. The van der Waals surface area contributed by atoms with Gasteiger partial charge in [0.05, 0.1) is 11.4 Å². The molecular formula is C14H23N3O. The third-order valence-corrected chi connectivity index (χ3v) is 3.45. The number of hydrogen-bond acceptors (Lipinski definition) is 4. The molecule has 1 aromatic rings. The van der Waals surface area contributed by atoms with Crippen LogP contribution in [0.1, 0.15) is 24.2 Å². The van der Waals surface area contributed by atoms with Crippen LogP contribution in [0.5, 0.6) is 0 Å². The molecule has 2 heterocycles. The topological polar surface area (TPSA) is 37.4 Å². The summed E-state index contributed by atoms with van der Waals surface area (Å²) in [6.45, 7) is 3.53. The summed E-state index contributed by atoms with van der Waals surface area (Å²) in [6.07, 6.45) is 2.26. The molecule has 0 saturated carbocycles. The first-order chi connectivity index (χ1) is 8.79. The predicted molar refractivity (Wildman–Crippen MR) is 72.3 cm³/mol. The maximum atomic E-state index is 5.40. The number of ether oxygens (including phenoxy) is 1. The second-order valence-electron chi connectivity index (χ2n) is 4.91. The van der Waals surface area contributed by atoms with Gasteiger partial charge in [-0.05, 0) is 39.1 Å². The summed E-state index contributed by atoms with van der Waals surface area (Å²) in [5, 5.41) is 3.14. The highest BCUT2D eigenvalue weighted by molar-refractivity contribution is 5.11. The lowest BCUT2D eigenvalue weighted by Gasteiger charge is -2.30. The van der Waals surface area contributed by atoms with Gasteiger partial charge in [-0.2, -0.15) is 0 Å². The first-order valence-electron chi connectivity index (χ1n) is 6.67. The fraction of sp³-hybridized carbons (Fsp3) is 0.643. The van der Waals surface area contributed by atoms with E-state index < -0.39 is 0 Å². The van der Waals surface area contributed by atoms with Gasteiger partial charge in [-0.25, -0.2) is 0 Å². The Morgan fingerprint density at radius 3 is 2.78 bits per heavy atom. The molecule has 1 aliphatic rings. The highest BCUT2D eigenvalue weighted by Gasteiger charge is 2.18. The molecule has 4 nitrogen and oxygen atoms in total. The van der Waals surface area contributed by atoms with Gasteiger partial charge in [0.1, 0.15) is 0 Å². The maximum Gasteiger partial charge on any atom is 0.0547 e. The molecule has 100 valence electrons. The Morgan fingerprint density at radius 1 is 1.33 bits per heavy atom. The van der Waals surface area contributed by atoms with E-state index in [1.165, 1.54) is 0 Å². The van der Waals surface area contributed by atoms with Crippen LogP contribution in [0.3, 0.4) is 0 Å². The molecule has 1 fully saturated rings. The summed E-state index contributed by atoms with van der Waals surface area (Å²) in [5.41, 5.74) is 2.26. The molecule has 0 amide bonds. The fourth-order valence-electron chi connectivity index (χ4n) is 2.41. The van der Waals surface area contributed by atoms with Gasteiger partial charge in [0, 0.05) is 32.3 Å². The van der Waals surface area contributed by atoms with Crippen LogP contribution >= 0.6 is 0 Å². The standard InChI is InChI=1S/C14H23N3O/c1-15-10-12-4-3-5-13(16-12)11-17(2)14-6-8-18-9-7-14/h3-5,14-15H,6-11H2,1-2H3. The minimum absolute atomic E-state index is 0.633. The van der Waals surface area contributed by atoms with E-state index in [1.807, 2.05) is 7.05 Å². The van der Waals surface area contributed by atoms with Crippen LogP contribution in [0.4, 0.5) is 0 Å². The van der Waals surface area contributed by atoms with Crippen LogP contribution in [-0.2, 0) is 17.8 Å². The zero-order chi connectivity index (χ0) is 12.8. The van der Waals surface area contributed by atoms with Crippen LogP contribution in [-0.4, -0.2) is 43.2 Å². The number of nitrogens with one attached hydrogen (secondary N) is 1. The number of rotatable bonds is 5. The van der Waals surface area contributed by atoms with E-state index in [4.69, 9.17) is 4.74 Å². The third kappa shape index (κ3) is 3.77. The predicted octanol–water partition coefficient (Wildman–Crippen LogP) is 1.41. The smallest absolute Gasteiger partial charge is 0.0547 e. The molecule has 0 radical (unpaired) electrons. The lowest BCUT2D eigenvalue weighted by atomic mass is 10.1. The maximum absolute atomic E-state index is 5.40. The van der Waals surface area contributed by atoms with Crippen molar-refractivity contribution in [3.8, 4) is 0 Å². The fourth-order valence-corrected chi connectivity index (χ4v) is 2.41. The van der Waals surface area contributed by atoms with Crippen molar-refractivity contribution in [1.29, 1.82) is 0 Å². The molecule has 1 saturated heterocycles. The normalized spacial score (nSPS) is 17.3. The van der Waals surface area contributed by atoms with E-state index in [2.05, 4.69) is 40.4 Å². The minimum atomic E-state index is 0.633. The van der Waals surface area contributed by atoms with Crippen LogP contribution in [0.15, 0.2) is 18.2 Å². The Kier molecular flexibility index (Phi) is 5.11. The van der Waals surface area contributed by atoms with E-state index in [9.17, 15) is 0 Å². The van der Waals surface area contributed by atoms with Crippen molar-refractivity contribution in [3.05, 3.63) is 29.6 Å². The van der Waals surface area contributed by atoms with Gasteiger partial charge < -0.3 is 10.1 Å². The van der Waals surface area contributed by atoms with Gasteiger partial charge in [0.25, 0.3) is 0 Å². The van der Waals surface area contributed by atoms with Gasteiger partial charge in [0.2, 0.25) is 0 Å². The van der Waals surface area contributed by atoms with Gasteiger partial charge in [-0.3, -0.25) is 9.88 Å². The van der Waals surface area contributed by atoms with Crippen LogP contribution < -0.4 is 5.32 Å². The van der Waals surface area contributed by atoms with E-state index in [1.54, 1.807) is 0 Å².